The second-order valence-electron chi connectivity index (χ2n) is 8.29. The number of hydrogen-bond donors (Lipinski definition) is 1. The van der Waals surface area contributed by atoms with Crippen molar-refractivity contribution in [2.24, 2.45) is 5.10 Å². The van der Waals surface area contributed by atoms with E-state index in [9.17, 15) is 0 Å². The van der Waals surface area contributed by atoms with E-state index in [0.29, 0.717) is 19.8 Å². The number of ether oxygens (including phenoxy) is 3. The van der Waals surface area contributed by atoms with E-state index in [-0.39, 0.29) is 0 Å². The molecule has 0 fully saturated rings. The first-order valence-corrected chi connectivity index (χ1v) is 13.1. The fourth-order valence-electron chi connectivity index (χ4n) is 3.57. The Morgan fingerprint density at radius 3 is 1.92 bits per heavy atom. The number of nitrogens with one attached hydrogen (secondary N) is 1. The first-order chi connectivity index (χ1) is 18.8. The van der Waals surface area contributed by atoms with E-state index in [2.05, 4.69) is 15.5 Å². The second-order valence-corrected chi connectivity index (χ2v) is 9.14. The predicted molar refractivity (Wildman–Crippen MR) is 153 cm³/mol. The van der Waals surface area contributed by atoms with Crippen LogP contribution in [0.15, 0.2) is 120 Å². The molecule has 0 amide bonds. The van der Waals surface area contributed by atoms with Crippen molar-refractivity contribution in [1.29, 1.82) is 0 Å². The topological polar surface area (TPSA) is 65.0 Å². The Hall–Kier alpha value is -4.62. The lowest BCUT2D eigenvalue weighted by Crippen LogP contribution is -2.09. The van der Waals surface area contributed by atoms with Crippen LogP contribution < -0.4 is 19.6 Å². The number of thiazole rings is 1. The van der Waals surface area contributed by atoms with E-state index >= 15 is 0 Å². The van der Waals surface area contributed by atoms with Crippen LogP contribution in [0.1, 0.15) is 11.1 Å². The van der Waals surface area contributed by atoms with Crippen LogP contribution in [0, 0.1) is 0 Å². The van der Waals surface area contributed by atoms with Crippen molar-refractivity contribution < 1.29 is 14.2 Å². The Morgan fingerprint density at radius 2 is 1.26 bits per heavy atom. The summed E-state index contributed by atoms with van der Waals surface area (Å²) in [6, 6.07) is 35.5. The molecule has 0 unspecified atom stereocenters. The van der Waals surface area contributed by atoms with Crippen molar-refractivity contribution in [3.05, 3.63) is 126 Å². The third-order valence-electron chi connectivity index (χ3n) is 5.52. The summed E-state index contributed by atoms with van der Waals surface area (Å²) >= 11 is 1.52. The normalized spacial score (nSPS) is 10.8. The summed E-state index contributed by atoms with van der Waals surface area (Å²) in [4.78, 5) is 4.57. The van der Waals surface area contributed by atoms with Crippen LogP contribution in [0.25, 0.3) is 11.3 Å². The quantitative estimate of drug-likeness (QED) is 0.106. The average molecular weight is 522 g/mol. The van der Waals surface area contributed by atoms with Crippen LogP contribution in [0.4, 0.5) is 5.13 Å². The van der Waals surface area contributed by atoms with Gasteiger partial charge in [0.1, 0.15) is 37.1 Å². The first-order valence-electron chi connectivity index (χ1n) is 12.2. The number of hydrazone groups is 1. The number of rotatable bonds is 12. The number of anilines is 1. The van der Waals surface area contributed by atoms with Crippen molar-refractivity contribution >= 4 is 22.7 Å². The summed E-state index contributed by atoms with van der Waals surface area (Å²) in [5, 5.41) is 7.05. The third kappa shape index (κ3) is 7.44. The van der Waals surface area contributed by atoms with Gasteiger partial charge in [-0.25, -0.2) is 4.98 Å². The molecule has 0 saturated carbocycles. The molecular formula is C31H27N3O3S. The Balaban J connectivity index is 1.01. The monoisotopic (exact) mass is 521 g/mol. The molecule has 0 saturated heterocycles. The van der Waals surface area contributed by atoms with Gasteiger partial charge in [0.15, 0.2) is 0 Å². The van der Waals surface area contributed by atoms with Crippen LogP contribution in [-0.4, -0.2) is 24.4 Å². The molecule has 0 spiro atoms. The molecule has 0 aliphatic carbocycles. The molecule has 1 N–H and O–H groups in total. The van der Waals surface area contributed by atoms with Gasteiger partial charge in [-0.15, -0.1) is 11.3 Å². The number of benzene rings is 4. The number of hydrogen-bond acceptors (Lipinski definition) is 7. The van der Waals surface area contributed by atoms with E-state index in [1.807, 2.05) is 115 Å². The van der Waals surface area contributed by atoms with E-state index in [1.165, 1.54) is 11.3 Å². The predicted octanol–water partition coefficient (Wildman–Crippen LogP) is 7.29. The molecule has 7 heteroatoms. The van der Waals surface area contributed by atoms with Gasteiger partial charge >= 0.3 is 0 Å². The first kappa shape index (κ1) is 25.0. The Kier molecular flexibility index (Phi) is 8.62. The van der Waals surface area contributed by atoms with Crippen molar-refractivity contribution in [1.82, 2.24) is 4.98 Å². The Morgan fingerprint density at radius 1 is 0.684 bits per heavy atom. The average Bonchev–Trinajstić information content (AvgIpc) is 3.46. The molecule has 0 bridgehead atoms. The Bertz CT molecular complexity index is 1420. The van der Waals surface area contributed by atoms with Gasteiger partial charge in [0, 0.05) is 10.9 Å². The van der Waals surface area contributed by atoms with Gasteiger partial charge in [-0.1, -0.05) is 60.7 Å². The summed E-state index contributed by atoms with van der Waals surface area (Å²) in [6.45, 7) is 1.42. The summed E-state index contributed by atoms with van der Waals surface area (Å²) in [5.74, 6) is 2.35. The SMILES string of the molecule is C(=NNc1nc(-c2ccccc2)cs1)c1ccc(OCCOc2ccc(OCc3ccccc3)cc2)cc1. The zero-order valence-corrected chi connectivity index (χ0v) is 21.5. The van der Waals surface area contributed by atoms with Crippen molar-refractivity contribution in [2.45, 2.75) is 6.61 Å². The molecule has 5 rings (SSSR count). The van der Waals surface area contributed by atoms with E-state index in [1.54, 1.807) is 6.21 Å². The summed E-state index contributed by atoms with van der Waals surface area (Å²) in [7, 11) is 0. The van der Waals surface area contributed by atoms with Gasteiger partial charge in [-0.3, -0.25) is 5.43 Å². The maximum Gasteiger partial charge on any atom is 0.203 e. The standard InChI is InChI=1S/C31H27N3O3S/c1-3-7-25(8-4-1)22-37-29-17-15-28(16-18-29)36-20-19-35-27-13-11-24(12-14-27)21-32-34-31-33-30(23-38-31)26-9-5-2-6-10-26/h1-18,21,23H,19-20,22H2,(H,33,34). The van der Waals surface area contributed by atoms with Crippen LogP contribution in [0.2, 0.25) is 0 Å². The van der Waals surface area contributed by atoms with Gasteiger partial charge in [0.2, 0.25) is 5.13 Å². The molecular weight excluding hydrogens is 494 g/mol. The van der Waals surface area contributed by atoms with Crippen molar-refractivity contribution in [2.75, 3.05) is 18.6 Å². The fraction of sp³-hybridized carbons (Fsp3) is 0.0968. The van der Waals surface area contributed by atoms with Crippen LogP contribution in [-0.2, 0) is 6.61 Å². The van der Waals surface area contributed by atoms with Gasteiger partial charge < -0.3 is 14.2 Å². The number of aromatic nitrogens is 1. The minimum Gasteiger partial charge on any atom is -0.490 e. The zero-order valence-electron chi connectivity index (χ0n) is 20.7. The highest BCUT2D eigenvalue weighted by molar-refractivity contribution is 7.14. The minimum absolute atomic E-state index is 0.440. The molecule has 0 aliphatic rings. The van der Waals surface area contributed by atoms with Gasteiger partial charge in [-0.05, 0) is 59.7 Å². The molecule has 4 aromatic carbocycles. The fourth-order valence-corrected chi connectivity index (χ4v) is 4.24. The lowest BCUT2D eigenvalue weighted by molar-refractivity contribution is 0.217. The van der Waals surface area contributed by atoms with E-state index < -0.39 is 0 Å². The summed E-state index contributed by atoms with van der Waals surface area (Å²) in [6.07, 6.45) is 1.75. The van der Waals surface area contributed by atoms with Gasteiger partial charge in [0.25, 0.3) is 0 Å². The van der Waals surface area contributed by atoms with E-state index in [0.717, 1.165) is 44.8 Å². The van der Waals surface area contributed by atoms with Crippen LogP contribution >= 0.6 is 11.3 Å². The van der Waals surface area contributed by atoms with Crippen LogP contribution in [0.3, 0.4) is 0 Å². The molecule has 0 radical (unpaired) electrons. The Labute approximate surface area is 226 Å². The van der Waals surface area contributed by atoms with Crippen molar-refractivity contribution in [3.63, 3.8) is 0 Å². The molecule has 0 atom stereocenters. The number of nitrogens with zero attached hydrogens (tertiary/aromatic N) is 2. The third-order valence-corrected chi connectivity index (χ3v) is 6.27. The lowest BCUT2D eigenvalue weighted by atomic mass is 10.2. The summed E-state index contributed by atoms with van der Waals surface area (Å²) < 4.78 is 17.4. The molecule has 6 nitrogen and oxygen atoms in total. The molecule has 1 aromatic heterocycles. The zero-order chi connectivity index (χ0) is 25.8. The van der Waals surface area contributed by atoms with Gasteiger partial charge in [-0.2, -0.15) is 5.10 Å². The van der Waals surface area contributed by atoms with Crippen LogP contribution in [0.5, 0.6) is 17.2 Å². The van der Waals surface area contributed by atoms with Gasteiger partial charge in [0.05, 0.1) is 11.9 Å². The highest BCUT2D eigenvalue weighted by Crippen LogP contribution is 2.24. The molecule has 0 aliphatic heterocycles. The molecule has 5 aromatic rings. The highest BCUT2D eigenvalue weighted by Gasteiger charge is 2.03. The minimum atomic E-state index is 0.440. The largest absolute Gasteiger partial charge is 0.490 e. The maximum absolute atomic E-state index is 5.81. The highest BCUT2D eigenvalue weighted by atomic mass is 32.1. The molecule has 38 heavy (non-hydrogen) atoms. The van der Waals surface area contributed by atoms with E-state index in [4.69, 9.17) is 14.2 Å². The molecule has 1 heterocycles. The smallest absolute Gasteiger partial charge is 0.203 e. The summed E-state index contributed by atoms with van der Waals surface area (Å²) in [5.41, 5.74) is 7.10. The van der Waals surface area contributed by atoms with Crippen molar-refractivity contribution in [3.8, 4) is 28.5 Å². The molecule has 190 valence electrons. The maximum atomic E-state index is 5.81. The second kappa shape index (κ2) is 13.1. The lowest BCUT2D eigenvalue weighted by Gasteiger charge is -2.10.